The van der Waals surface area contributed by atoms with Gasteiger partial charge in [-0.15, -0.1) is 0 Å². The molecule has 138 valence electrons. The molecule has 0 saturated heterocycles. The Labute approximate surface area is 154 Å². The highest BCUT2D eigenvalue weighted by Gasteiger charge is 2.14. The molecule has 2 aromatic heterocycles. The van der Waals surface area contributed by atoms with E-state index in [4.69, 9.17) is 4.52 Å². The number of nitrogens with one attached hydrogen (secondary N) is 2. The third kappa shape index (κ3) is 4.75. The van der Waals surface area contributed by atoms with Crippen LogP contribution in [0.15, 0.2) is 53.1 Å². The number of amides is 2. The highest BCUT2D eigenvalue weighted by atomic mass is 19.1. The lowest BCUT2D eigenvalue weighted by molar-refractivity contribution is 0.0949. The fourth-order valence-electron chi connectivity index (χ4n) is 2.40. The first-order valence-electron chi connectivity index (χ1n) is 8.26. The van der Waals surface area contributed by atoms with E-state index in [1.54, 1.807) is 37.3 Å². The van der Waals surface area contributed by atoms with Crippen LogP contribution in [0.1, 0.15) is 32.3 Å². The van der Waals surface area contributed by atoms with Gasteiger partial charge in [-0.2, -0.15) is 0 Å². The summed E-state index contributed by atoms with van der Waals surface area (Å²) in [5.41, 5.74) is 0.673. The van der Waals surface area contributed by atoms with Crippen molar-refractivity contribution in [2.75, 3.05) is 11.9 Å². The maximum absolute atomic E-state index is 13.6. The number of carbonyl (C=O) groups excluding carboxylic acids is 2. The number of halogens is 1. The quantitative estimate of drug-likeness (QED) is 0.697. The Morgan fingerprint density at radius 1 is 1.07 bits per heavy atom. The van der Waals surface area contributed by atoms with Crippen molar-refractivity contribution in [3.8, 4) is 0 Å². The van der Waals surface area contributed by atoms with Crippen LogP contribution in [-0.2, 0) is 6.42 Å². The molecule has 0 bridgehead atoms. The van der Waals surface area contributed by atoms with Crippen LogP contribution in [0.5, 0.6) is 0 Å². The summed E-state index contributed by atoms with van der Waals surface area (Å²) >= 11 is 0. The van der Waals surface area contributed by atoms with E-state index in [1.165, 1.54) is 18.2 Å². The molecule has 0 radical (unpaired) electrons. The molecule has 0 aliphatic carbocycles. The second-order valence-electron chi connectivity index (χ2n) is 5.78. The summed E-state index contributed by atoms with van der Waals surface area (Å²) in [6, 6.07) is 12.5. The number of rotatable bonds is 6. The van der Waals surface area contributed by atoms with Crippen molar-refractivity contribution >= 4 is 17.6 Å². The van der Waals surface area contributed by atoms with Gasteiger partial charge in [0.25, 0.3) is 11.8 Å². The van der Waals surface area contributed by atoms with Crippen LogP contribution in [0.2, 0.25) is 0 Å². The lowest BCUT2D eigenvalue weighted by atomic mass is 10.1. The number of hydrogen-bond donors (Lipinski definition) is 2. The Kier molecular flexibility index (Phi) is 5.55. The second kappa shape index (κ2) is 8.22. The third-order valence-electron chi connectivity index (χ3n) is 3.72. The normalized spacial score (nSPS) is 10.4. The molecule has 7 nitrogen and oxygen atoms in total. The highest BCUT2D eigenvalue weighted by molar-refractivity contribution is 6.03. The molecule has 3 rings (SSSR count). The van der Waals surface area contributed by atoms with Gasteiger partial charge < -0.3 is 15.2 Å². The highest BCUT2D eigenvalue weighted by Crippen LogP contribution is 2.09. The van der Waals surface area contributed by atoms with Crippen molar-refractivity contribution in [2.24, 2.45) is 0 Å². The van der Waals surface area contributed by atoms with Crippen LogP contribution in [-0.4, -0.2) is 28.5 Å². The molecule has 0 saturated carbocycles. The molecular weight excluding hydrogens is 351 g/mol. The number of aromatic nitrogens is 2. The van der Waals surface area contributed by atoms with Crippen LogP contribution in [0, 0.1) is 12.7 Å². The van der Waals surface area contributed by atoms with E-state index in [9.17, 15) is 14.0 Å². The lowest BCUT2D eigenvalue weighted by Crippen LogP contribution is -2.27. The van der Waals surface area contributed by atoms with E-state index in [-0.39, 0.29) is 29.6 Å². The van der Waals surface area contributed by atoms with Crippen molar-refractivity contribution in [3.05, 3.63) is 77.1 Å². The zero-order valence-corrected chi connectivity index (χ0v) is 14.5. The Bertz CT molecular complexity index is 971. The number of pyridine rings is 1. The van der Waals surface area contributed by atoms with Gasteiger partial charge in [0.1, 0.15) is 23.0 Å². The predicted molar refractivity (Wildman–Crippen MR) is 95.9 cm³/mol. The SMILES string of the molecule is Cc1cc(NC(=O)c2cccc(C(=O)NCCc3ccccc3F)n2)no1. The minimum absolute atomic E-state index is 0.0670. The summed E-state index contributed by atoms with van der Waals surface area (Å²) in [5.74, 6) is -0.450. The Balaban J connectivity index is 1.59. The molecule has 2 heterocycles. The average Bonchev–Trinajstić information content (AvgIpc) is 3.08. The molecule has 27 heavy (non-hydrogen) atoms. The van der Waals surface area contributed by atoms with E-state index < -0.39 is 11.8 Å². The van der Waals surface area contributed by atoms with Gasteiger partial charge in [-0.3, -0.25) is 9.59 Å². The molecule has 3 aromatic rings. The first-order chi connectivity index (χ1) is 13.0. The van der Waals surface area contributed by atoms with Gasteiger partial charge in [0.2, 0.25) is 0 Å². The number of hydrogen-bond acceptors (Lipinski definition) is 5. The number of benzene rings is 1. The van der Waals surface area contributed by atoms with Crippen molar-refractivity contribution in [1.29, 1.82) is 0 Å². The molecule has 0 spiro atoms. The molecule has 1 aromatic carbocycles. The summed E-state index contributed by atoms with van der Waals surface area (Å²) in [4.78, 5) is 28.5. The maximum Gasteiger partial charge on any atom is 0.275 e. The number of aryl methyl sites for hydroxylation is 1. The van der Waals surface area contributed by atoms with Crippen LogP contribution >= 0.6 is 0 Å². The van der Waals surface area contributed by atoms with Gasteiger partial charge in [0.15, 0.2) is 5.82 Å². The predicted octanol–water partition coefficient (Wildman–Crippen LogP) is 2.74. The van der Waals surface area contributed by atoms with Gasteiger partial charge in [-0.25, -0.2) is 9.37 Å². The van der Waals surface area contributed by atoms with Gasteiger partial charge in [-0.05, 0) is 37.1 Å². The van der Waals surface area contributed by atoms with Gasteiger partial charge in [0.05, 0.1) is 0 Å². The second-order valence-corrected chi connectivity index (χ2v) is 5.78. The molecule has 0 aliphatic rings. The fraction of sp³-hybridized carbons (Fsp3) is 0.158. The number of anilines is 1. The zero-order chi connectivity index (χ0) is 19.2. The van der Waals surface area contributed by atoms with Crippen molar-refractivity contribution in [3.63, 3.8) is 0 Å². The summed E-state index contributed by atoms with van der Waals surface area (Å²) < 4.78 is 18.5. The minimum Gasteiger partial charge on any atom is -0.360 e. The van der Waals surface area contributed by atoms with Gasteiger partial charge in [0, 0.05) is 12.6 Å². The smallest absolute Gasteiger partial charge is 0.275 e. The molecule has 0 aliphatic heterocycles. The number of carbonyl (C=O) groups is 2. The monoisotopic (exact) mass is 368 g/mol. The molecule has 0 fully saturated rings. The number of nitrogens with zero attached hydrogens (tertiary/aromatic N) is 2. The largest absolute Gasteiger partial charge is 0.360 e. The van der Waals surface area contributed by atoms with Crippen molar-refractivity contribution < 1.29 is 18.5 Å². The molecular formula is C19H17FN4O3. The van der Waals surface area contributed by atoms with E-state index in [0.717, 1.165) is 0 Å². The fourth-order valence-corrected chi connectivity index (χ4v) is 2.40. The van der Waals surface area contributed by atoms with Gasteiger partial charge >= 0.3 is 0 Å². The Morgan fingerprint density at radius 2 is 1.81 bits per heavy atom. The molecule has 2 N–H and O–H groups in total. The van der Waals surface area contributed by atoms with Gasteiger partial charge in [-0.1, -0.05) is 29.4 Å². The first-order valence-corrected chi connectivity index (χ1v) is 8.26. The molecule has 0 unspecified atom stereocenters. The van der Waals surface area contributed by atoms with E-state index in [1.807, 2.05) is 0 Å². The van der Waals surface area contributed by atoms with Crippen LogP contribution in [0.3, 0.4) is 0 Å². The molecule has 2 amide bonds. The maximum atomic E-state index is 13.6. The third-order valence-corrected chi connectivity index (χ3v) is 3.72. The standard InChI is InChI=1S/C19H17FN4O3/c1-12-11-17(24-27-12)23-19(26)16-8-4-7-15(22-16)18(25)21-10-9-13-5-2-3-6-14(13)20/h2-8,11H,9-10H2,1H3,(H,21,25)(H,23,24,26). The minimum atomic E-state index is -0.510. The van der Waals surface area contributed by atoms with Crippen LogP contribution in [0.4, 0.5) is 10.2 Å². The van der Waals surface area contributed by atoms with E-state index in [0.29, 0.717) is 17.7 Å². The summed E-state index contributed by atoms with van der Waals surface area (Å²) in [6.45, 7) is 1.95. The van der Waals surface area contributed by atoms with Crippen LogP contribution < -0.4 is 10.6 Å². The summed E-state index contributed by atoms with van der Waals surface area (Å²) in [7, 11) is 0. The molecule has 0 atom stereocenters. The molecule has 8 heteroatoms. The van der Waals surface area contributed by atoms with E-state index >= 15 is 0 Å². The topological polar surface area (TPSA) is 97.1 Å². The summed E-state index contributed by atoms with van der Waals surface area (Å²) in [6.07, 6.45) is 0.351. The average molecular weight is 368 g/mol. The van der Waals surface area contributed by atoms with E-state index in [2.05, 4.69) is 20.8 Å². The zero-order valence-electron chi connectivity index (χ0n) is 14.5. The first kappa shape index (κ1) is 18.2. The Morgan fingerprint density at radius 3 is 2.52 bits per heavy atom. The lowest BCUT2D eigenvalue weighted by Gasteiger charge is -2.07. The van der Waals surface area contributed by atoms with Crippen molar-refractivity contribution in [1.82, 2.24) is 15.5 Å². The van der Waals surface area contributed by atoms with Crippen molar-refractivity contribution in [2.45, 2.75) is 13.3 Å². The Hall–Kier alpha value is -3.55. The summed E-state index contributed by atoms with van der Waals surface area (Å²) in [5, 5.41) is 8.87. The van der Waals surface area contributed by atoms with Crippen LogP contribution in [0.25, 0.3) is 0 Å².